The number of nitro groups is 1. The molecule has 0 amide bonds. The molecule has 2 rings (SSSR count). The molecule has 5 nitrogen and oxygen atoms in total. The number of aromatic nitrogens is 2. The van der Waals surface area contributed by atoms with Crippen molar-refractivity contribution in [3.8, 4) is 0 Å². The van der Waals surface area contributed by atoms with Crippen LogP contribution in [0.3, 0.4) is 0 Å². The molecule has 78 valence electrons. The second-order valence-electron chi connectivity index (χ2n) is 3.26. The van der Waals surface area contributed by atoms with Gasteiger partial charge in [-0.3, -0.25) is 10.1 Å². The number of rotatable bonds is 1. The van der Waals surface area contributed by atoms with E-state index in [4.69, 9.17) is 19.4 Å². The zero-order valence-corrected chi connectivity index (χ0v) is 9.02. The van der Waals surface area contributed by atoms with Crippen LogP contribution in [0.5, 0.6) is 0 Å². The first-order valence-electron chi connectivity index (χ1n) is 4.36. The highest BCUT2D eigenvalue weighted by Crippen LogP contribution is 2.28. The van der Waals surface area contributed by atoms with Gasteiger partial charge in [-0.1, -0.05) is 23.1 Å². The molecule has 0 atom stereocenters. The van der Waals surface area contributed by atoms with Crippen LogP contribution in [0.1, 0.15) is 5.56 Å². The maximum absolute atomic E-state index is 10.9. The Bertz CT molecular complexity index is 603. The quantitative estimate of drug-likeness (QED) is 0.322. The van der Waals surface area contributed by atoms with E-state index in [2.05, 4.69) is 9.97 Å². The molecule has 0 saturated heterocycles. The minimum atomic E-state index is -0.517. The molecule has 2 aromatic rings. The monoisotopic (exact) mass is 233 g/mol. The summed E-state index contributed by atoms with van der Waals surface area (Å²) in [4.78, 5) is 18.1. The average Bonchev–Trinajstić information content (AvgIpc) is 2.21. The molecule has 0 N–H and O–H groups in total. The largest absolute Gasteiger partial charge is 0.297 e. The highest BCUT2D eigenvalue weighted by Gasteiger charge is 2.20. The lowest BCUT2D eigenvalue weighted by atomic mass is 9.89. The predicted octanol–water partition coefficient (Wildman–Crippen LogP) is 1.29. The number of benzene rings is 1. The van der Waals surface area contributed by atoms with Gasteiger partial charge in [0.15, 0.2) is 5.52 Å². The Morgan fingerprint density at radius 1 is 1.50 bits per heavy atom. The number of nitrogens with zero attached hydrogens (tertiary/aromatic N) is 3. The first kappa shape index (κ1) is 10.8. The van der Waals surface area contributed by atoms with Crippen molar-refractivity contribution in [2.24, 2.45) is 0 Å². The van der Waals surface area contributed by atoms with Crippen molar-refractivity contribution < 1.29 is 4.92 Å². The van der Waals surface area contributed by atoms with Gasteiger partial charge in [0.2, 0.25) is 0 Å². The Kier molecular flexibility index (Phi) is 2.51. The van der Waals surface area contributed by atoms with E-state index in [-0.39, 0.29) is 16.4 Å². The molecule has 7 heteroatoms. The van der Waals surface area contributed by atoms with E-state index in [1.165, 1.54) is 6.33 Å². The minimum absolute atomic E-state index is 0.126. The van der Waals surface area contributed by atoms with Crippen molar-refractivity contribution in [1.82, 2.24) is 9.97 Å². The van der Waals surface area contributed by atoms with Crippen LogP contribution < -0.4 is 5.46 Å². The summed E-state index contributed by atoms with van der Waals surface area (Å²) in [5.74, 6) is 0. The van der Waals surface area contributed by atoms with Crippen LogP contribution in [0.15, 0.2) is 12.4 Å². The molecule has 16 heavy (non-hydrogen) atoms. The van der Waals surface area contributed by atoms with Gasteiger partial charge in [-0.15, -0.1) is 0 Å². The van der Waals surface area contributed by atoms with Gasteiger partial charge in [0.05, 0.1) is 4.92 Å². The highest BCUT2D eigenvalue weighted by atomic mass is 35.5. The lowest BCUT2D eigenvalue weighted by Crippen LogP contribution is -2.11. The van der Waals surface area contributed by atoms with Gasteiger partial charge in [-0.25, -0.2) is 9.97 Å². The molecular weight excluding hydrogens is 228 g/mol. The minimum Gasteiger partial charge on any atom is -0.258 e. The fourth-order valence-corrected chi connectivity index (χ4v) is 1.68. The van der Waals surface area contributed by atoms with Gasteiger partial charge >= 0.3 is 0 Å². The molecule has 2 radical (unpaired) electrons. The van der Waals surface area contributed by atoms with Crippen molar-refractivity contribution in [2.75, 3.05) is 0 Å². The number of hydrogen-bond acceptors (Lipinski definition) is 4. The first-order chi connectivity index (χ1) is 7.52. The Labute approximate surface area is 97.0 Å². The van der Waals surface area contributed by atoms with E-state index in [0.29, 0.717) is 16.4 Å². The number of halogens is 1. The zero-order chi connectivity index (χ0) is 11.9. The van der Waals surface area contributed by atoms with Gasteiger partial charge in [0.25, 0.3) is 5.69 Å². The maximum Gasteiger partial charge on any atom is 0.297 e. The third kappa shape index (κ3) is 1.51. The normalized spacial score (nSPS) is 10.6. The fraction of sp³-hybridized carbons (Fsp3) is 0.111. The van der Waals surface area contributed by atoms with Crippen molar-refractivity contribution in [3.63, 3.8) is 0 Å². The molecule has 0 unspecified atom stereocenters. The third-order valence-electron chi connectivity index (χ3n) is 2.33. The van der Waals surface area contributed by atoms with Crippen LogP contribution in [0, 0.1) is 17.0 Å². The molecule has 1 heterocycles. The van der Waals surface area contributed by atoms with Gasteiger partial charge in [0, 0.05) is 10.9 Å². The summed E-state index contributed by atoms with van der Waals surface area (Å²) >= 11 is 5.83. The molecule has 0 aliphatic carbocycles. The molecule has 0 aliphatic rings. The lowest BCUT2D eigenvalue weighted by Gasteiger charge is -2.06. The highest BCUT2D eigenvalue weighted by molar-refractivity contribution is 6.38. The molecule has 0 bridgehead atoms. The van der Waals surface area contributed by atoms with Crippen LogP contribution in [-0.2, 0) is 0 Å². The van der Waals surface area contributed by atoms with Gasteiger partial charge in [-0.05, 0) is 6.92 Å². The summed E-state index contributed by atoms with van der Waals surface area (Å²) in [6, 6.07) is 1.54. The van der Waals surface area contributed by atoms with E-state index in [0.717, 1.165) is 0 Å². The second-order valence-corrected chi connectivity index (χ2v) is 3.62. The lowest BCUT2D eigenvalue weighted by molar-refractivity contribution is -0.383. The van der Waals surface area contributed by atoms with Crippen molar-refractivity contribution >= 4 is 41.5 Å². The van der Waals surface area contributed by atoms with Crippen LogP contribution in [0.2, 0.25) is 5.15 Å². The summed E-state index contributed by atoms with van der Waals surface area (Å²) in [5.41, 5.74) is 0.763. The third-order valence-corrected chi connectivity index (χ3v) is 2.63. The Morgan fingerprint density at radius 2 is 2.19 bits per heavy atom. The van der Waals surface area contributed by atoms with Crippen LogP contribution in [0.25, 0.3) is 10.9 Å². The van der Waals surface area contributed by atoms with Crippen molar-refractivity contribution in [2.45, 2.75) is 6.92 Å². The van der Waals surface area contributed by atoms with Crippen molar-refractivity contribution in [1.29, 1.82) is 0 Å². The summed E-state index contributed by atoms with van der Waals surface area (Å²) in [6.07, 6.45) is 1.19. The van der Waals surface area contributed by atoms with Gasteiger partial charge < -0.3 is 0 Å². The van der Waals surface area contributed by atoms with E-state index < -0.39 is 4.92 Å². The molecule has 0 spiro atoms. The first-order valence-corrected chi connectivity index (χ1v) is 4.74. The average molecular weight is 233 g/mol. The Hall–Kier alpha value is -1.69. The number of fused-ring (bicyclic) bond motifs is 1. The van der Waals surface area contributed by atoms with E-state index >= 15 is 0 Å². The number of hydrogen-bond donors (Lipinski definition) is 0. The molecule has 0 aliphatic heterocycles. The van der Waals surface area contributed by atoms with Crippen LogP contribution in [0.4, 0.5) is 5.69 Å². The topological polar surface area (TPSA) is 68.9 Å². The van der Waals surface area contributed by atoms with E-state index in [1.54, 1.807) is 13.0 Å². The van der Waals surface area contributed by atoms with Gasteiger partial charge in [0.1, 0.15) is 19.3 Å². The fourth-order valence-electron chi connectivity index (χ4n) is 1.49. The zero-order valence-electron chi connectivity index (χ0n) is 8.27. The summed E-state index contributed by atoms with van der Waals surface area (Å²) in [6.45, 7) is 1.57. The summed E-state index contributed by atoms with van der Waals surface area (Å²) < 4.78 is 0. The molecule has 1 aromatic carbocycles. The molecule has 0 saturated carbocycles. The predicted molar refractivity (Wildman–Crippen MR) is 61.3 cm³/mol. The number of nitro benzene ring substituents is 1. The molecular formula is C9H5BClN3O2. The van der Waals surface area contributed by atoms with E-state index in [9.17, 15) is 10.1 Å². The van der Waals surface area contributed by atoms with Crippen LogP contribution >= 0.6 is 11.6 Å². The van der Waals surface area contributed by atoms with Gasteiger partial charge in [-0.2, -0.15) is 0 Å². The maximum atomic E-state index is 10.9. The SMILES string of the molecule is [B]c1cc2c(Cl)ncnc2c([N+](=O)[O-])c1C. The van der Waals surface area contributed by atoms with E-state index in [1.807, 2.05) is 0 Å². The second kappa shape index (κ2) is 3.71. The molecule has 0 fully saturated rings. The van der Waals surface area contributed by atoms with Crippen molar-refractivity contribution in [3.05, 3.63) is 33.2 Å². The standard InChI is InChI=1S/C9H5BClN3O2/c1-4-6(10)2-5-7(8(4)14(15)16)12-3-13-9(5)11/h2-3H,1H3. The molecule has 1 aromatic heterocycles. The Morgan fingerprint density at radius 3 is 2.81 bits per heavy atom. The summed E-state index contributed by atoms with van der Waals surface area (Å²) in [5, 5.41) is 11.5. The summed E-state index contributed by atoms with van der Waals surface area (Å²) in [7, 11) is 5.67. The smallest absolute Gasteiger partial charge is 0.258 e. The van der Waals surface area contributed by atoms with Crippen LogP contribution in [-0.4, -0.2) is 22.7 Å². The Balaban J connectivity index is 3.00.